The van der Waals surface area contributed by atoms with Gasteiger partial charge in [0.1, 0.15) is 5.54 Å². The van der Waals surface area contributed by atoms with Gasteiger partial charge in [0.15, 0.2) is 11.5 Å². The van der Waals surface area contributed by atoms with Crippen LogP contribution in [0.4, 0.5) is 10.5 Å². The molecule has 8 heteroatoms. The van der Waals surface area contributed by atoms with Gasteiger partial charge >= 0.3 is 6.03 Å². The summed E-state index contributed by atoms with van der Waals surface area (Å²) in [6.07, 6.45) is 0.775. The van der Waals surface area contributed by atoms with Gasteiger partial charge in [0, 0.05) is 17.7 Å². The first-order valence-corrected chi connectivity index (χ1v) is 11.4. The number of fused-ring (bicyclic) bond motifs is 1. The van der Waals surface area contributed by atoms with Crippen LogP contribution < -0.4 is 20.1 Å². The van der Waals surface area contributed by atoms with Gasteiger partial charge in [0.25, 0.3) is 11.8 Å². The maximum atomic E-state index is 13.4. The van der Waals surface area contributed by atoms with E-state index in [9.17, 15) is 14.4 Å². The molecule has 5 rings (SSSR count). The Kier molecular flexibility index (Phi) is 5.86. The van der Waals surface area contributed by atoms with E-state index in [1.54, 1.807) is 49.4 Å². The molecule has 3 aromatic rings. The summed E-state index contributed by atoms with van der Waals surface area (Å²) in [5.74, 6) is 0.591. The predicted octanol–water partition coefficient (Wildman–Crippen LogP) is 4.07. The summed E-state index contributed by atoms with van der Waals surface area (Å²) in [5.41, 5.74) is 1.31. The van der Waals surface area contributed by atoms with E-state index < -0.39 is 11.6 Å². The molecule has 1 fully saturated rings. The number of carbonyl (C=O) groups is 3. The number of amides is 4. The Morgan fingerprint density at radius 3 is 2.43 bits per heavy atom. The lowest BCUT2D eigenvalue weighted by molar-refractivity contribution is -0.131. The third-order valence-corrected chi connectivity index (χ3v) is 6.19. The van der Waals surface area contributed by atoms with Crippen molar-refractivity contribution < 1.29 is 23.9 Å². The fraction of sp³-hybridized carbons (Fsp3) is 0.222. The Hall–Kier alpha value is -4.33. The minimum Gasteiger partial charge on any atom is -0.490 e. The number of benzene rings is 3. The van der Waals surface area contributed by atoms with E-state index in [4.69, 9.17) is 9.47 Å². The number of ether oxygens (including phenoxy) is 2. The van der Waals surface area contributed by atoms with Crippen LogP contribution in [0.25, 0.3) is 0 Å². The van der Waals surface area contributed by atoms with Gasteiger partial charge in [-0.25, -0.2) is 4.79 Å². The van der Waals surface area contributed by atoms with Crippen LogP contribution in [0.1, 0.15) is 34.8 Å². The second kappa shape index (κ2) is 9.13. The number of imide groups is 1. The average molecular weight is 472 g/mol. The largest absolute Gasteiger partial charge is 0.490 e. The highest BCUT2D eigenvalue weighted by molar-refractivity contribution is 6.07. The van der Waals surface area contributed by atoms with E-state index in [0.29, 0.717) is 41.5 Å². The van der Waals surface area contributed by atoms with Crippen LogP contribution in [0.5, 0.6) is 11.5 Å². The van der Waals surface area contributed by atoms with Crippen LogP contribution in [0.2, 0.25) is 0 Å². The zero-order valence-corrected chi connectivity index (χ0v) is 19.2. The van der Waals surface area contributed by atoms with Gasteiger partial charge < -0.3 is 20.1 Å². The lowest BCUT2D eigenvalue weighted by Gasteiger charge is -2.23. The van der Waals surface area contributed by atoms with E-state index in [2.05, 4.69) is 10.6 Å². The number of carbonyl (C=O) groups excluding carboxylic acids is 3. The molecule has 2 aliphatic heterocycles. The highest BCUT2D eigenvalue weighted by atomic mass is 16.5. The van der Waals surface area contributed by atoms with Crippen molar-refractivity contribution in [2.75, 3.05) is 18.5 Å². The maximum absolute atomic E-state index is 13.4. The number of nitrogens with zero attached hydrogens (tertiary/aromatic N) is 1. The zero-order valence-electron chi connectivity index (χ0n) is 19.2. The lowest BCUT2D eigenvalue weighted by Crippen LogP contribution is -2.40. The molecule has 0 aliphatic carbocycles. The number of urea groups is 1. The summed E-state index contributed by atoms with van der Waals surface area (Å²) in [5, 5.41) is 5.66. The number of para-hydroxylation sites is 1. The Morgan fingerprint density at radius 1 is 0.971 bits per heavy atom. The zero-order chi connectivity index (χ0) is 24.4. The average Bonchev–Trinajstić information content (AvgIpc) is 3.02. The SMILES string of the molecule is CC1(c2ccc3c(c2)OCCCO3)NC(=O)N(Cc2ccc(C(=O)Nc3ccccc3)cc2)C1=O. The Balaban J connectivity index is 1.30. The number of hydrogen-bond acceptors (Lipinski definition) is 5. The molecule has 1 saturated heterocycles. The van der Waals surface area contributed by atoms with E-state index in [-0.39, 0.29) is 18.4 Å². The number of nitrogens with one attached hydrogen (secondary N) is 2. The molecular weight excluding hydrogens is 446 g/mol. The predicted molar refractivity (Wildman–Crippen MR) is 129 cm³/mol. The minimum absolute atomic E-state index is 0.0887. The molecule has 1 atom stereocenters. The molecule has 178 valence electrons. The smallest absolute Gasteiger partial charge is 0.325 e. The normalized spacial score (nSPS) is 19.2. The van der Waals surface area contributed by atoms with Crippen LogP contribution in [-0.4, -0.2) is 36.0 Å². The highest BCUT2D eigenvalue weighted by Crippen LogP contribution is 2.37. The third kappa shape index (κ3) is 4.42. The summed E-state index contributed by atoms with van der Waals surface area (Å²) < 4.78 is 11.4. The molecule has 0 radical (unpaired) electrons. The Morgan fingerprint density at radius 2 is 1.69 bits per heavy atom. The molecule has 3 aromatic carbocycles. The summed E-state index contributed by atoms with van der Waals surface area (Å²) in [6, 6.07) is 20.8. The Labute approximate surface area is 202 Å². The van der Waals surface area contributed by atoms with Crippen LogP contribution in [0.15, 0.2) is 72.8 Å². The van der Waals surface area contributed by atoms with E-state index in [1.807, 2.05) is 30.3 Å². The molecule has 0 saturated carbocycles. The summed E-state index contributed by atoms with van der Waals surface area (Å²) in [6.45, 7) is 2.87. The molecule has 0 spiro atoms. The van der Waals surface area contributed by atoms with Crippen molar-refractivity contribution in [1.82, 2.24) is 10.2 Å². The quantitative estimate of drug-likeness (QED) is 0.547. The first-order chi connectivity index (χ1) is 16.9. The minimum atomic E-state index is -1.22. The van der Waals surface area contributed by atoms with Crippen LogP contribution in [-0.2, 0) is 16.9 Å². The molecule has 2 aliphatic rings. The third-order valence-electron chi connectivity index (χ3n) is 6.19. The van der Waals surface area contributed by atoms with E-state index in [1.165, 1.54) is 4.90 Å². The monoisotopic (exact) mass is 471 g/mol. The second-order valence-corrected chi connectivity index (χ2v) is 8.68. The van der Waals surface area contributed by atoms with Crippen molar-refractivity contribution in [2.24, 2.45) is 0 Å². The number of anilines is 1. The fourth-order valence-corrected chi connectivity index (χ4v) is 4.18. The first-order valence-electron chi connectivity index (χ1n) is 11.4. The summed E-state index contributed by atoms with van der Waals surface area (Å²) in [4.78, 5) is 39.8. The van der Waals surface area contributed by atoms with Gasteiger partial charge in [-0.2, -0.15) is 0 Å². The summed E-state index contributed by atoms with van der Waals surface area (Å²) in [7, 11) is 0. The standard InChI is InChI=1S/C27H25N3O5/c1-27(20-12-13-22-23(16-20)35-15-5-14-34-22)25(32)30(26(33)29-27)17-18-8-10-19(11-9-18)24(31)28-21-6-3-2-4-7-21/h2-4,6-13,16H,5,14-15,17H2,1H3,(H,28,31)(H,29,33). The van der Waals surface area contributed by atoms with Crippen LogP contribution in [0, 0.1) is 0 Å². The molecule has 2 N–H and O–H groups in total. The first kappa shape index (κ1) is 22.5. The molecule has 4 amide bonds. The van der Waals surface area contributed by atoms with Gasteiger partial charge in [-0.3, -0.25) is 14.5 Å². The van der Waals surface area contributed by atoms with Crippen molar-refractivity contribution in [1.29, 1.82) is 0 Å². The molecule has 0 aromatic heterocycles. The van der Waals surface area contributed by atoms with Crippen molar-refractivity contribution in [3.05, 3.63) is 89.5 Å². The van der Waals surface area contributed by atoms with Crippen LogP contribution >= 0.6 is 0 Å². The fourth-order valence-electron chi connectivity index (χ4n) is 4.18. The van der Waals surface area contributed by atoms with E-state index >= 15 is 0 Å². The molecule has 1 unspecified atom stereocenters. The molecule has 0 bridgehead atoms. The maximum Gasteiger partial charge on any atom is 0.325 e. The molecule has 8 nitrogen and oxygen atoms in total. The lowest BCUT2D eigenvalue weighted by atomic mass is 9.91. The van der Waals surface area contributed by atoms with Gasteiger partial charge in [0.05, 0.1) is 19.8 Å². The number of rotatable bonds is 5. The second-order valence-electron chi connectivity index (χ2n) is 8.68. The molecule has 35 heavy (non-hydrogen) atoms. The topological polar surface area (TPSA) is 97.0 Å². The van der Waals surface area contributed by atoms with Crippen molar-refractivity contribution in [2.45, 2.75) is 25.4 Å². The van der Waals surface area contributed by atoms with Gasteiger partial charge in [-0.1, -0.05) is 36.4 Å². The van der Waals surface area contributed by atoms with Gasteiger partial charge in [-0.15, -0.1) is 0 Å². The van der Waals surface area contributed by atoms with Crippen molar-refractivity contribution in [3.8, 4) is 11.5 Å². The van der Waals surface area contributed by atoms with Crippen LogP contribution in [0.3, 0.4) is 0 Å². The number of hydrogen-bond donors (Lipinski definition) is 2. The highest BCUT2D eigenvalue weighted by Gasteiger charge is 2.49. The van der Waals surface area contributed by atoms with Crippen molar-refractivity contribution in [3.63, 3.8) is 0 Å². The summed E-state index contributed by atoms with van der Waals surface area (Å²) >= 11 is 0. The Bertz CT molecular complexity index is 1280. The van der Waals surface area contributed by atoms with Gasteiger partial charge in [-0.05, 0) is 54.4 Å². The van der Waals surface area contributed by atoms with Crippen molar-refractivity contribution >= 4 is 23.5 Å². The van der Waals surface area contributed by atoms with Gasteiger partial charge in [0.2, 0.25) is 0 Å². The molecule has 2 heterocycles. The van der Waals surface area contributed by atoms with E-state index in [0.717, 1.165) is 12.0 Å². The molecular formula is C27H25N3O5.